The first-order valence-corrected chi connectivity index (χ1v) is 9.41. The van der Waals surface area contributed by atoms with Gasteiger partial charge in [-0.3, -0.25) is 4.98 Å². The summed E-state index contributed by atoms with van der Waals surface area (Å²) in [6, 6.07) is 4.95. The molecule has 3 aromatic heterocycles. The molecular formula is C19H19F3N8O. The smallest absolute Gasteiger partial charge is 0.378 e. The number of hydrogen-bond acceptors (Lipinski definition) is 9. The van der Waals surface area contributed by atoms with Crippen LogP contribution in [-0.2, 0) is 10.9 Å². The van der Waals surface area contributed by atoms with E-state index in [1.165, 1.54) is 6.07 Å². The number of morpholine rings is 1. The molecule has 31 heavy (non-hydrogen) atoms. The molecule has 4 rings (SSSR count). The topological polar surface area (TPSA) is 115 Å². The van der Waals surface area contributed by atoms with E-state index in [0.717, 1.165) is 11.9 Å². The molecule has 162 valence electrons. The number of nitrogens with one attached hydrogen (secondary N) is 1. The Kier molecular flexibility index (Phi) is 5.55. The van der Waals surface area contributed by atoms with E-state index in [1.807, 2.05) is 11.8 Å². The number of hydrogen-bond donors (Lipinski definition) is 2. The summed E-state index contributed by atoms with van der Waals surface area (Å²) in [5.74, 6) is 0.130. The number of ether oxygens (including phenoxy) is 1. The van der Waals surface area contributed by atoms with Crippen LogP contribution < -0.4 is 16.0 Å². The Morgan fingerprint density at radius 3 is 2.58 bits per heavy atom. The summed E-state index contributed by atoms with van der Waals surface area (Å²) in [6.45, 7) is 3.80. The van der Waals surface area contributed by atoms with E-state index in [4.69, 9.17) is 10.5 Å². The second-order valence-electron chi connectivity index (χ2n) is 6.84. The van der Waals surface area contributed by atoms with E-state index in [0.29, 0.717) is 37.8 Å². The number of rotatable bonds is 4. The molecule has 0 atom stereocenters. The van der Waals surface area contributed by atoms with Crippen LogP contribution in [0.3, 0.4) is 0 Å². The monoisotopic (exact) mass is 432 g/mol. The Labute approximate surface area is 175 Å². The first-order chi connectivity index (χ1) is 14.8. The van der Waals surface area contributed by atoms with Crippen molar-refractivity contribution in [3.8, 4) is 11.3 Å². The van der Waals surface area contributed by atoms with Crippen molar-refractivity contribution >= 4 is 23.4 Å². The highest BCUT2D eigenvalue weighted by Gasteiger charge is 2.37. The van der Waals surface area contributed by atoms with Gasteiger partial charge in [0.25, 0.3) is 0 Å². The maximum absolute atomic E-state index is 13.6. The minimum atomic E-state index is -4.73. The number of nitrogens with zero attached hydrogens (tertiary/aromatic N) is 6. The maximum Gasteiger partial charge on any atom is 0.434 e. The van der Waals surface area contributed by atoms with Gasteiger partial charge in [0, 0.05) is 48.5 Å². The minimum absolute atomic E-state index is 0.0251. The number of pyridine rings is 1. The highest BCUT2D eigenvalue weighted by atomic mass is 19.4. The van der Waals surface area contributed by atoms with Crippen LogP contribution in [0.1, 0.15) is 11.4 Å². The second-order valence-corrected chi connectivity index (χ2v) is 6.84. The molecule has 12 heteroatoms. The van der Waals surface area contributed by atoms with Crippen molar-refractivity contribution in [1.82, 2.24) is 24.9 Å². The molecule has 4 heterocycles. The van der Waals surface area contributed by atoms with Crippen molar-refractivity contribution in [2.24, 2.45) is 0 Å². The number of aryl methyl sites for hydroxylation is 1. The average Bonchev–Trinajstić information content (AvgIpc) is 2.73. The molecule has 1 aliphatic heterocycles. The Morgan fingerprint density at radius 1 is 1.10 bits per heavy atom. The quantitative estimate of drug-likeness (QED) is 0.642. The molecular weight excluding hydrogens is 413 g/mol. The lowest BCUT2D eigenvalue weighted by Gasteiger charge is -2.27. The molecule has 0 aliphatic carbocycles. The zero-order valence-electron chi connectivity index (χ0n) is 16.5. The summed E-state index contributed by atoms with van der Waals surface area (Å²) in [5, 5.41) is 3.11. The second kappa shape index (κ2) is 8.30. The van der Waals surface area contributed by atoms with Crippen LogP contribution in [0, 0.1) is 6.92 Å². The predicted molar refractivity (Wildman–Crippen MR) is 108 cm³/mol. The molecule has 3 N–H and O–H groups in total. The highest BCUT2D eigenvalue weighted by molar-refractivity contribution is 5.69. The van der Waals surface area contributed by atoms with Crippen molar-refractivity contribution in [3.05, 3.63) is 42.0 Å². The third-order valence-corrected chi connectivity index (χ3v) is 4.53. The third kappa shape index (κ3) is 4.79. The molecule has 1 aliphatic rings. The Hall–Kier alpha value is -3.54. The van der Waals surface area contributed by atoms with Gasteiger partial charge in [0.1, 0.15) is 5.82 Å². The molecule has 0 spiro atoms. The summed E-state index contributed by atoms with van der Waals surface area (Å²) < 4.78 is 46.2. The first-order valence-electron chi connectivity index (χ1n) is 9.41. The van der Waals surface area contributed by atoms with Crippen LogP contribution in [0.2, 0.25) is 0 Å². The minimum Gasteiger partial charge on any atom is -0.378 e. The molecule has 0 amide bonds. The van der Waals surface area contributed by atoms with E-state index in [2.05, 4.69) is 30.2 Å². The van der Waals surface area contributed by atoms with Crippen molar-refractivity contribution in [1.29, 1.82) is 0 Å². The fourth-order valence-corrected chi connectivity index (χ4v) is 3.11. The molecule has 1 fully saturated rings. The Bertz CT molecular complexity index is 1090. The van der Waals surface area contributed by atoms with Crippen LogP contribution in [0.15, 0.2) is 30.6 Å². The van der Waals surface area contributed by atoms with Gasteiger partial charge in [0.2, 0.25) is 11.9 Å². The van der Waals surface area contributed by atoms with Gasteiger partial charge in [-0.15, -0.1) is 0 Å². The van der Waals surface area contributed by atoms with Crippen LogP contribution in [-0.4, -0.2) is 51.2 Å². The maximum atomic E-state index is 13.6. The normalized spacial score (nSPS) is 14.5. The summed E-state index contributed by atoms with van der Waals surface area (Å²) in [6.07, 6.45) is -2.08. The van der Waals surface area contributed by atoms with Gasteiger partial charge >= 0.3 is 6.18 Å². The molecule has 3 aromatic rings. The summed E-state index contributed by atoms with van der Waals surface area (Å²) >= 11 is 0. The van der Waals surface area contributed by atoms with Gasteiger partial charge in [-0.05, 0) is 19.1 Å². The van der Waals surface area contributed by atoms with Crippen LogP contribution in [0.5, 0.6) is 0 Å². The summed E-state index contributed by atoms with van der Waals surface area (Å²) in [7, 11) is 0. The van der Waals surface area contributed by atoms with Crippen molar-refractivity contribution in [2.75, 3.05) is 42.3 Å². The molecule has 0 bridgehead atoms. The fourth-order valence-electron chi connectivity index (χ4n) is 3.11. The van der Waals surface area contributed by atoms with Gasteiger partial charge in [-0.25, -0.2) is 15.0 Å². The standard InChI is InChI=1S/C19H19F3N8O/c1-11-8-12(2-3-24-11)26-15-9-14(27-18(28-15)30-4-6-31-7-5-30)13-10-25-17(23)29-16(13)19(20,21)22/h2-3,8-10H,4-7H2,1H3,(H2,23,25,29)(H,24,26,27,28). The molecule has 0 saturated carbocycles. The predicted octanol–water partition coefficient (Wildman–Crippen LogP) is 2.82. The van der Waals surface area contributed by atoms with Gasteiger partial charge in [-0.2, -0.15) is 18.2 Å². The zero-order chi connectivity index (χ0) is 22.0. The number of aromatic nitrogens is 5. The lowest BCUT2D eigenvalue weighted by Crippen LogP contribution is -2.37. The van der Waals surface area contributed by atoms with Crippen molar-refractivity contribution in [3.63, 3.8) is 0 Å². The largest absolute Gasteiger partial charge is 0.434 e. The van der Waals surface area contributed by atoms with Crippen LogP contribution >= 0.6 is 0 Å². The number of nitrogens with two attached hydrogens (primary N) is 1. The lowest BCUT2D eigenvalue weighted by molar-refractivity contribution is -0.140. The van der Waals surface area contributed by atoms with E-state index in [1.54, 1.807) is 18.3 Å². The van der Waals surface area contributed by atoms with Gasteiger partial charge in [-0.1, -0.05) is 0 Å². The summed E-state index contributed by atoms with van der Waals surface area (Å²) in [4.78, 5) is 22.0. The Morgan fingerprint density at radius 2 is 1.87 bits per heavy atom. The average molecular weight is 432 g/mol. The molecule has 0 radical (unpaired) electrons. The number of alkyl halides is 3. The van der Waals surface area contributed by atoms with E-state index in [-0.39, 0.29) is 17.2 Å². The van der Waals surface area contributed by atoms with E-state index in [9.17, 15) is 13.2 Å². The SMILES string of the molecule is Cc1cc(Nc2cc(-c3cnc(N)nc3C(F)(F)F)nc(N3CCOCC3)n2)ccn1. The number of halogens is 3. The van der Waals surface area contributed by atoms with Gasteiger partial charge in [0.15, 0.2) is 5.69 Å². The number of anilines is 4. The molecule has 0 aromatic carbocycles. The van der Waals surface area contributed by atoms with Crippen molar-refractivity contribution < 1.29 is 17.9 Å². The van der Waals surface area contributed by atoms with Crippen LogP contribution in [0.4, 0.5) is 36.6 Å². The Balaban J connectivity index is 1.82. The summed E-state index contributed by atoms with van der Waals surface area (Å²) in [5.41, 5.74) is 5.45. The molecule has 1 saturated heterocycles. The number of nitrogen functional groups attached to an aromatic ring is 1. The lowest BCUT2D eigenvalue weighted by atomic mass is 10.1. The van der Waals surface area contributed by atoms with Gasteiger partial charge in [0.05, 0.1) is 18.9 Å². The van der Waals surface area contributed by atoms with E-state index >= 15 is 0 Å². The first kappa shape index (κ1) is 20.7. The highest BCUT2D eigenvalue weighted by Crippen LogP contribution is 2.36. The molecule has 9 nitrogen and oxygen atoms in total. The fraction of sp³-hybridized carbons (Fsp3) is 0.316. The van der Waals surface area contributed by atoms with Gasteiger partial charge < -0.3 is 20.7 Å². The van der Waals surface area contributed by atoms with Crippen LogP contribution in [0.25, 0.3) is 11.3 Å². The van der Waals surface area contributed by atoms with E-state index < -0.39 is 17.8 Å². The molecule has 0 unspecified atom stereocenters. The van der Waals surface area contributed by atoms with Crippen molar-refractivity contribution in [2.45, 2.75) is 13.1 Å². The third-order valence-electron chi connectivity index (χ3n) is 4.53. The zero-order valence-corrected chi connectivity index (χ0v) is 16.5.